The van der Waals surface area contributed by atoms with Gasteiger partial charge in [0.2, 0.25) is 15.9 Å². The Morgan fingerprint density at radius 1 is 1.43 bits per heavy atom. The lowest BCUT2D eigenvalue weighted by molar-refractivity contribution is 0.387. The Hall–Kier alpha value is -1.29. The Labute approximate surface area is 131 Å². The zero-order chi connectivity index (χ0) is 15.5. The molecule has 0 aliphatic rings. The molecule has 0 radical (unpaired) electrons. The third-order valence-corrected chi connectivity index (χ3v) is 5.19. The molecule has 0 fully saturated rings. The molecule has 0 amide bonds. The topological polar surface area (TPSA) is 111 Å². The second-order valence-electron chi connectivity index (χ2n) is 4.35. The van der Waals surface area contributed by atoms with Gasteiger partial charge in [0.1, 0.15) is 0 Å². The van der Waals surface area contributed by atoms with Crippen LogP contribution in [-0.2, 0) is 23.0 Å². The molecule has 7 nitrogen and oxygen atoms in total. The number of nitrogens with one attached hydrogen (secondary N) is 1. The number of nitrogens with two attached hydrogens (primary N) is 1. The number of benzene rings is 1. The number of sulfonamides is 1. The van der Waals surface area contributed by atoms with Crippen molar-refractivity contribution in [3.05, 3.63) is 40.0 Å². The van der Waals surface area contributed by atoms with Gasteiger partial charge < -0.3 is 10.3 Å². The summed E-state index contributed by atoms with van der Waals surface area (Å²) >= 11 is 3.24. The Kier molecular flexibility index (Phi) is 5.09. The molecule has 3 N–H and O–H groups in total. The predicted molar refractivity (Wildman–Crippen MR) is 80.0 cm³/mol. The molecule has 1 aromatic heterocycles. The van der Waals surface area contributed by atoms with E-state index < -0.39 is 10.0 Å². The lowest BCUT2D eigenvalue weighted by Crippen LogP contribution is -2.26. The molecule has 2 aromatic rings. The van der Waals surface area contributed by atoms with Crippen molar-refractivity contribution in [3.63, 3.8) is 0 Å². The summed E-state index contributed by atoms with van der Waals surface area (Å²) in [6, 6.07) is 4.98. The van der Waals surface area contributed by atoms with E-state index >= 15 is 0 Å². The van der Waals surface area contributed by atoms with Crippen LogP contribution in [0.5, 0.6) is 0 Å². The average Bonchev–Trinajstić information content (AvgIpc) is 2.84. The van der Waals surface area contributed by atoms with Crippen molar-refractivity contribution in [2.24, 2.45) is 5.73 Å². The fraction of sp³-hybridized carbons (Fsp3) is 0.333. The van der Waals surface area contributed by atoms with Crippen molar-refractivity contribution in [1.29, 1.82) is 0 Å². The normalized spacial score (nSPS) is 11.8. The van der Waals surface area contributed by atoms with Crippen LogP contribution in [0.2, 0.25) is 0 Å². The maximum atomic E-state index is 12.3. The van der Waals surface area contributed by atoms with Crippen LogP contribution in [-0.4, -0.2) is 25.1 Å². The van der Waals surface area contributed by atoms with Crippen LogP contribution in [0.3, 0.4) is 0 Å². The minimum absolute atomic E-state index is 0.162. The molecule has 0 unspecified atom stereocenters. The van der Waals surface area contributed by atoms with E-state index in [1.54, 1.807) is 25.1 Å². The van der Waals surface area contributed by atoms with Gasteiger partial charge >= 0.3 is 0 Å². The predicted octanol–water partition coefficient (Wildman–Crippen LogP) is 1.12. The van der Waals surface area contributed by atoms with Crippen molar-refractivity contribution < 1.29 is 12.9 Å². The van der Waals surface area contributed by atoms with E-state index in [4.69, 9.17) is 10.3 Å². The molecule has 114 valence electrons. The number of aromatic nitrogens is 2. The molecule has 21 heavy (non-hydrogen) atoms. The molecule has 0 bridgehead atoms. The Morgan fingerprint density at radius 3 is 2.81 bits per heavy atom. The van der Waals surface area contributed by atoms with Crippen molar-refractivity contribution in [2.75, 3.05) is 6.54 Å². The Balaban J connectivity index is 2.07. The summed E-state index contributed by atoms with van der Waals surface area (Å²) in [5.74, 6) is 0.913. The number of rotatable bonds is 6. The van der Waals surface area contributed by atoms with E-state index in [9.17, 15) is 8.42 Å². The molecule has 0 saturated heterocycles. The molecular formula is C12H15BrN4O3S. The monoisotopic (exact) mass is 374 g/mol. The van der Waals surface area contributed by atoms with Gasteiger partial charge in [-0.3, -0.25) is 0 Å². The summed E-state index contributed by atoms with van der Waals surface area (Å²) in [7, 11) is -3.63. The zero-order valence-electron chi connectivity index (χ0n) is 11.3. The van der Waals surface area contributed by atoms with E-state index in [0.717, 1.165) is 5.56 Å². The third-order valence-electron chi connectivity index (χ3n) is 2.73. The number of halogens is 1. The highest BCUT2D eigenvalue weighted by Gasteiger charge is 2.18. The van der Waals surface area contributed by atoms with Crippen LogP contribution >= 0.6 is 15.9 Å². The SMILES string of the molecule is Cc1nc(CCNS(=O)(=O)c2cc(CN)ccc2Br)no1. The van der Waals surface area contributed by atoms with E-state index in [0.29, 0.717) is 22.6 Å². The van der Waals surface area contributed by atoms with Crippen LogP contribution in [0.15, 0.2) is 32.1 Å². The average molecular weight is 375 g/mol. The van der Waals surface area contributed by atoms with Gasteiger partial charge in [0.15, 0.2) is 5.82 Å². The fourth-order valence-corrected chi connectivity index (χ4v) is 3.74. The van der Waals surface area contributed by atoms with Crippen LogP contribution in [0.4, 0.5) is 0 Å². The standard InChI is InChI=1S/C12H15BrN4O3S/c1-8-16-12(17-20-8)4-5-15-21(18,19)11-6-9(7-14)2-3-10(11)13/h2-3,6,15H,4-5,7,14H2,1H3. The van der Waals surface area contributed by atoms with Crippen LogP contribution in [0.25, 0.3) is 0 Å². The van der Waals surface area contributed by atoms with E-state index in [1.165, 1.54) is 0 Å². The fourth-order valence-electron chi connectivity index (χ4n) is 1.70. The first-order chi connectivity index (χ1) is 9.92. The molecule has 9 heteroatoms. The van der Waals surface area contributed by atoms with Gasteiger partial charge in [-0.15, -0.1) is 0 Å². The molecular weight excluding hydrogens is 360 g/mol. The van der Waals surface area contributed by atoms with Gasteiger partial charge in [0.05, 0.1) is 4.90 Å². The molecule has 0 spiro atoms. The van der Waals surface area contributed by atoms with Gasteiger partial charge in [0.25, 0.3) is 0 Å². The number of hydrogen-bond donors (Lipinski definition) is 2. The van der Waals surface area contributed by atoms with Crippen LogP contribution in [0.1, 0.15) is 17.3 Å². The quantitative estimate of drug-likeness (QED) is 0.783. The van der Waals surface area contributed by atoms with Gasteiger partial charge in [-0.05, 0) is 33.6 Å². The summed E-state index contributed by atoms with van der Waals surface area (Å²) in [4.78, 5) is 4.17. The molecule has 2 rings (SSSR count). The van der Waals surface area contributed by atoms with Crippen molar-refractivity contribution in [1.82, 2.24) is 14.9 Å². The van der Waals surface area contributed by atoms with Crippen molar-refractivity contribution in [2.45, 2.75) is 24.8 Å². The van der Waals surface area contributed by atoms with Gasteiger partial charge in [-0.1, -0.05) is 11.2 Å². The summed E-state index contributed by atoms with van der Waals surface area (Å²) in [5.41, 5.74) is 6.28. The third kappa shape index (κ3) is 4.10. The zero-order valence-corrected chi connectivity index (χ0v) is 13.7. The second kappa shape index (κ2) is 6.65. The van der Waals surface area contributed by atoms with E-state index in [1.807, 2.05) is 0 Å². The molecule has 0 aliphatic carbocycles. The maximum absolute atomic E-state index is 12.3. The molecule has 0 saturated carbocycles. The molecule has 0 atom stereocenters. The largest absolute Gasteiger partial charge is 0.340 e. The first-order valence-corrected chi connectivity index (χ1v) is 8.47. The molecule has 1 aromatic carbocycles. The van der Waals surface area contributed by atoms with Gasteiger partial charge in [-0.2, -0.15) is 4.98 Å². The van der Waals surface area contributed by atoms with E-state index in [2.05, 4.69) is 30.8 Å². The Morgan fingerprint density at radius 2 is 2.19 bits per heavy atom. The number of hydrogen-bond acceptors (Lipinski definition) is 6. The van der Waals surface area contributed by atoms with Crippen molar-refractivity contribution in [3.8, 4) is 0 Å². The van der Waals surface area contributed by atoms with Crippen molar-refractivity contribution >= 4 is 26.0 Å². The van der Waals surface area contributed by atoms with E-state index in [-0.39, 0.29) is 18.0 Å². The maximum Gasteiger partial charge on any atom is 0.241 e. The number of aryl methyl sites for hydroxylation is 1. The van der Waals surface area contributed by atoms with Crippen LogP contribution < -0.4 is 10.5 Å². The smallest absolute Gasteiger partial charge is 0.241 e. The van der Waals surface area contributed by atoms with Gasteiger partial charge in [-0.25, -0.2) is 13.1 Å². The molecule has 0 aliphatic heterocycles. The summed E-state index contributed by atoms with van der Waals surface area (Å²) in [6.45, 7) is 2.13. The lowest BCUT2D eigenvalue weighted by atomic mass is 10.2. The second-order valence-corrected chi connectivity index (χ2v) is 6.94. The summed E-state index contributed by atoms with van der Waals surface area (Å²) in [5, 5.41) is 3.71. The first-order valence-electron chi connectivity index (χ1n) is 6.20. The number of nitrogens with zero attached hydrogens (tertiary/aromatic N) is 2. The Bertz CT molecular complexity index is 730. The first kappa shape index (κ1) is 16.1. The highest BCUT2D eigenvalue weighted by Crippen LogP contribution is 2.23. The van der Waals surface area contributed by atoms with Gasteiger partial charge in [0, 0.05) is 30.9 Å². The lowest BCUT2D eigenvalue weighted by Gasteiger charge is -2.09. The summed E-state index contributed by atoms with van der Waals surface area (Å²) < 4.78 is 32.4. The molecule has 1 heterocycles. The highest BCUT2D eigenvalue weighted by molar-refractivity contribution is 9.10. The highest BCUT2D eigenvalue weighted by atomic mass is 79.9. The minimum atomic E-state index is -3.63. The summed E-state index contributed by atoms with van der Waals surface area (Å²) in [6.07, 6.45) is 0.352. The van der Waals surface area contributed by atoms with Crippen LogP contribution in [0, 0.1) is 6.92 Å². The minimum Gasteiger partial charge on any atom is -0.340 e.